The number of hydrogen-bond acceptors (Lipinski definition) is 4. The number of amides is 1. The van der Waals surface area contributed by atoms with Gasteiger partial charge in [0.05, 0.1) is 4.91 Å². The number of benzene rings is 1. The summed E-state index contributed by atoms with van der Waals surface area (Å²) in [4.78, 5) is 26.3. The van der Waals surface area contributed by atoms with Crippen LogP contribution in [0.5, 0.6) is 0 Å². The topological polar surface area (TPSA) is 66.6 Å². The van der Waals surface area contributed by atoms with Gasteiger partial charge in [-0.25, -0.2) is 0 Å². The first kappa shape index (κ1) is 21.9. The molecule has 1 aromatic rings. The number of allylic oxidation sites excluding steroid dienone is 2. The molecular formula is C24H34N2O2SSi. The van der Waals surface area contributed by atoms with Crippen LogP contribution in [-0.4, -0.2) is 42.3 Å². The van der Waals surface area contributed by atoms with Crippen LogP contribution in [0.1, 0.15) is 42.7 Å². The van der Waals surface area contributed by atoms with Gasteiger partial charge >= 0.3 is 0 Å². The standard InChI is InChI=1S/C24H34N2O2SSi/c1-30(2,28)13-10-19-6-7-22-21(19)15-23(29-22)24(27)26-11-8-18(9-12-26)20-5-3-4-17(14-20)16-25/h3-5,10,13-15,18-19,21-22,28H,6-9,11-12,16,25H2,1-2H3/b13-10+. The SMILES string of the molecule is C[Si](C)(O)/C=C/C1CCC2SC(C(=O)N3CCC(c4cccc(CN)c4)CC3)=CC12. The second-order valence-corrected chi connectivity index (χ2v) is 14.5. The normalized spacial score (nSPS) is 27.5. The van der Waals surface area contributed by atoms with Crippen molar-refractivity contribution in [1.29, 1.82) is 0 Å². The summed E-state index contributed by atoms with van der Waals surface area (Å²) in [6, 6.07) is 8.60. The van der Waals surface area contributed by atoms with Gasteiger partial charge in [0.25, 0.3) is 5.91 Å². The molecule has 30 heavy (non-hydrogen) atoms. The van der Waals surface area contributed by atoms with E-state index in [1.54, 1.807) is 11.8 Å². The van der Waals surface area contributed by atoms with Gasteiger partial charge in [-0.05, 0) is 67.7 Å². The molecule has 3 atom stereocenters. The summed E-state index contributed by atoms with van der Waals surface area (Å²) in [5.41, 5.74) is 10.4. The molecule has 1 aliphatic carbocycles. The zero-order valence-electron chi connectivity index (χ0n) is 18.1. The van der Waals surface area contributed by atoms with Crippen molar-refractivity contribution >= 4 is 26.0 Å². The zero-order chi connectivity index (χ0) is 21.3. The molecule has 4 rings (SSSR count). The molecule has 1 amide bonds. The van der Waals surface area contributed by atoms with E-state index in [2.05, 4.69) is 41.3 Å². The molecule has 1 saturated carbocycles. The van der Waals surface area contributed by atoms with Crippen LogP contribution < -0.4 is 5.73 Å². The number of nitrogens with two attached hydrogens (primary N) is 1. The third-order valence-electron chi connectivity index (χ3n) is 6.73. The highest BCUT2D eigenvalue weighted by Crippen LogP contribution is 2.50. The Hall–Kier alpha value is -1.34. The lowest BCUT2D eigenvalue weighted by atomic mass is 9.88. The number of piperidine rings is 1. The largest absolute Gasteiger partial charge is 0.428 e. The number of nitrogens with zero attached hydrogens (tertiary/aromatic N) is 1. The van der Waals surface area contributed by atoms with E-state index in [1.165, 1.54) is 11.1 Å². The van der Waals surface area contributed by atoms with Gasteiger partial charge in [0.1, 0.15) is 0 Å². The third kappa shape index (κ3) is 4.93. The average molecular weight is 443 g/mol. The Morgan fingerprint density at radius 3 is 2.73 bits per heavy atom. The van der Waals surface area contributed by atoms with E-state index in [-0.39, 0.29) is 5.91 Å². The average Bonchev–Trinajstić information content (AvgIpc) is 3.32. The Morgan fingerprint density at radius 1 is 1.27 bits per heavy atom. The zero-order valence-corrected chi connectivity index (χ0v) is 19.9. The first-order chi connectivity index (χ1) is 14.3. The quantitative estimate of drug-likeness (QED) is 0.672. The summed E-state index contributed by atoms with van der Waals surface area (Å²) in [7, 11) is -2.17. The van der Waals surface area contributed by atoms with Crippen LogP contribution >= 0.6 is 11.8 Å². The van der Waals surface area contributed by atoms with E-state index < -0.39 is 8.32 Å². The highest BCUT2D eigenvalue weighted by Gasteiger charge is 2.41. The number of thioether (sulfide) groups is 1. The molecule has 0 radical (unpaired) electrons. The van der Waals surface area contributed by atoms with E-state index in [4.69, 9.17) is 5.73 Å². The van der Waals surface area contributed by atoms with Crippen molar-refractivity contribution in [3.63, 3.8) is 0 Å². The first-order valence-electron chi connectivity index (χ1n) is 11.2. The predicted octanol–water partition coefficient (Wildman–Crippen LogP) is 4.17. The number of hydrogen-bond donors (Lipinski definition) is 2. The van der Waals surface area contributed by atoms with Crippen molar-refractivity contribution in [2.75, 3.05) is 13.1 Å². The molecular weight excluding hydrogens is 408 g/mol. The van der Waals surface area contributed by atoms with Crippen LogP contribution in [0.3, 0.4) is 0 Å². The Labute approximate surface area is 185 Å². The van der Waals surface area contributed by atoms with Gasteiger partial charge in [-0.2, -0.15) is 0 Å². The second-order valence-electron chi connectivity index (χ2n) is 9.53. The lowest BCUT2D eigenvalue weighted by Gasteiger charge is -2.32. The van der Waals surface area contributed by atoms with Gasteiger partial charge in [0, 0.05) is 24.9 Å². The number of carbonyl (C=O) groups is 1. The van der Waals surface area contributed by atoms with Gasteiger partial charge in [0.2, 0.25) is 8.32 Å². The molecule has 1 saturated heterocycles. The highest BCUT2D eigenvalue weighted by atomic mass is 32.2. The van der Waals surface area contributed by atoms with E-state index in [0.29, 0.717) is 29.5 Å². The maximum Gasteiger partial charge on any atom is 0.259 e. The summed E-state index contributed by atoms with van der Waals surface area (Å²) in [6.07, 6.45) is 8.82. The minimum Gasteiger partial charge on any atom is -0.428 e. The van der Waals surface area contributed by atoms with Crippen molar-refractivity contribution < 1.29 is 9.59 Å². The van der Waals surface area contributed by atoms with Crippen LogP contribution in [0.4, 0.5) is 0 Å². The molecule has 0 aromatic heterocycles. The van der Waals surface area contributed by atoms with Crippen LogP contribution in [0, 0.1) is 11.8 Å². The van der Waals surface area contributed by atoms with Crippen molar-refractivity contribution in [2.45, 2.75) is 56.5 Å². The number of fused-ring (bicyclic) bond motifs is 1. The van der Waals surface area contributed by atoms with Crippen LogP contribution in [0.25, 0.3) is 0 Å². The molecule has 3 N–H and O–H groups in total. The van der Waals surface area contributed by atoms with Crippen LogP contribution in [0.15, 0.2) is 47.0 Å². The maximum absolute atomic E-state index is 13.2. The number of carbonyl (C=O) groups excluding carboxylic acids is 1. The molecule has 4 nitrogen and oxygen atoms in total. The predicted molar refractivity (Wildman–Crippen MR) is 127 cm³/mol. The van der Waals surface area contributed by atoms with E-state index in [1.807, 2.05) is 18.8 Å². The van der Waals surface area contributed by atoms with Gasteiger partial charge in [-0.3, -0.25) is 4.79 Å². The molecule has 3 aliphatic rings. The molecule has 0 bridgehead atoms. The molecule has 2 aliphatic heterocycles. The second kappa shape index (κ2) is 9.03. The third-order valence-corrected chi connectivity index (χ3v) is 9.16. The summed E-state index contributed by atoms with van der Waals surface area (Å²) in [5.74, 6) is 1.65. The monoisotopic (exact) mass is 442 g/mol. The van der Waals surface area contributed by atoms with Crippen molar-refractivity contribution in [3.05, 3.63) is 58.1 Å². The molecule has 2 heterocycles. The summed E-state index contributed by atoms with van der Waals surface area (Å²) < 4.78 is 0. The van der Waals surface area contributed by atoms with Crippen LogP contribution in [-0.2, 0) is 11.3 Å². The Morgan fingerprint density at radius 2 is 2.03 bits per heavy atom. The Kier molecular flexibility index (Phi) is 6.58. The van der Waals surface area contributed by atoms with Gasteiger partial charge in [-0.15, -0.1) is 11.8 Å². The molecule has 1 aromatic carbocycles. The fourth-order valence-corrected chi connectivity index (χ4v) is 7.22. The molecule has 162 valence electrons. The fourth-order valence-electron chi connectivity index (χ4n) is 5.01. The molecule has 0 spiro atoms. The Bertz CT molecular complexity index is 840. The summed E-state index contributed by atoms with van der Waals surface area (Å²) in [6.45, 7) is 6.13. The molecule has 2 fully saturated rings. The minimum absolute atomic E-state index is 0.225. The molecule has 6 heteroatoms. The highest BCUT2D eigenvalue weighted by molar-refractivity contribution is 8.04. The van der Waals surface area contributed by atoms with Crippen LogP contribution in [0.2, 0.25) is 13.1 Å². The lowest BCUT2D eigenvalue weighted by Crippen LogP contribution is -2.38. The van der Waals surface area contributed by atoms with Gasteiger partial charge in [0.15, 0.2) is 0 Å². The van der Waals surface area contributed by atoms with Crippen molar-refractivity contribution in [2.24, 2.45) is 17.6 Å². The Balaban J connectivity index is 1.36. The van der Waals surface area contributed by atoms with E-state index in [9.17, 15) is 9.59 Å². The summed E-state index contributed by atoms with van der Waals surface area (Å²) in [5, 5.41) is 0.526. The van der Waals surface area contributed by atoms with E-state index in [0.717, 1.165) is 43.7 Å². The maximum atomic E-state index is 13.2. The van der Waals surface area contributed by atoms with Gasteiger partial charge < -0.3 is 15.4 Å². The fraction of sp³-hybridized carbons (Fsp3) is 0.542. The number of likely N-dealkylation sites (tertiary alicyclic amines) is 1. The first-order valence-corrected chi connectivity index (χ1v) is 15.1. The van der Waals surface area contributed by atoms with E-state index >= 15 is 0 Å². The lowest BCUT2D eigenvalue weighted by molar-refractivity contribution is -0.127. The smallest absolute Gasteiger partial charge is 0.259 e. The minimum atomic E-state index is -2.17. The van der Waals surface area contributed by atoms with Crippen molar-refractivity contribution in [1.82, 2.24) is 4.90 Å². The van der Waals surface area contributed by atoms with Gasteiger partial charge in [-0.1, -0.05) is 42.1 Å². The molecule has 3 unspecified atom stereocenters. The summed E-state index contributed by atoms with van der Waals surface area (Å²) >= 11 is 1.79. The number of rotatable bonds is 5. The van der Waals surface area contributed by atoms with Crippen molar-refractivity contribution in [3.8, 4) is 0 Å².